The quantitative estimate of drug-likeness (QED) is 0.854. The van der Waals surface area contributed by atoms with Crippen LogP contribution in [0.15, 0.2) is 22.7 Å². The van der Waals surface area contributed by atoms with Gasteiger partial charge in [-0.05, 0) is 52.9 Å². The molecule has 98 valence electrons. The lowest BCUT2D eigenvalue weighted by molar-refractivity contribution is -0.0588. The first-order chi connectivity index (χ1) is 8.74. The van der Waals surface area contributed by atoms with Crippen molar-refractivity contribution in [3.8, 4) is 0 Å². The van der Waals surface area contributed by atoms with E-state index in [0.717, 1.165) is 29.9 Å². The summed E-state index contributed by atoms with van der Waals surface area (Å²) in [5, 5.41) is 0. The predicted molar refractivity (Wildman–Crippen MR) is 76.3 cm³/mol. The molecule has 18 heavy (non-hydrogen) atoms. The number of nitrogen functional groups attached to an aromatic ring is 1. The van der Waals surface area contributed by atoms with Crippen LogP contribution in [0, 0.1) is 0 Å². The van der Waals surface area contributed by atoms with Crippen LogP contribution in [0.1, 0.15) is 24.8 Å². The maximum Gasteiger partial charge on any atom is 0.0731 e. The molecule has 2 N–H and O–H groups in total. The normalized spacial score (nSPS) is 28.3. The molecule has 0 radical (unpaired) electrons. The van der Waals surface area contributed by atoms with E-state index in [9.17, 15) is 0 Å². The van der Waals surface area contributed by atoms with Crippen LogP contribution in [0.3, 0.4) is 0 Å². The molecule has 2 unspecified atom stereocenters. The van der Waals surface area contributed by atoms with Crippen molar-refractivity contribution < 1.29 is 4.74 Å². The van der Waals surface area contributed by atoms with E-state index in [1.807, 2.05) is 6.07 Å². The van der Waals surface area contributed by atoms with Gasteiger partial charge in [-0.1, -0.05) is 6.07 Å². The van der Waals surface area contributed by atoms with Crippen LogP contribution in [-0.2, 0) is 11.3 Å². The van der Waals surface area contributed by atoms with Crippen molar-refractivity contribution in [1.29, 1.82) is 0 Å². The molecule has 0 spiro atoms. The molecule has 0 bridgehead atoms. The Balaban J connectivity index is 1.73. The second-order valence-electron chi connectivity index (χ2n) is 5.23. The minimum absolute atomic E-state index is 0.468. The van der Waals surface area contributed by atoms with Gasteiger partial charge in [-0.2, -0.15) is 0 Å². The van der Waals surface area contributed by atoms with Crippen LogP contribution in [0.5, 0.6) is 0 Å². The number of nitrogens with two attached hydrogens (primary N) is 1. The SMILES string of the molecule is Nc1ccc(CN2CCOC3CCCC32)cc1Br. The number of nitrogens with zero attached hydrogens (tertiary/aromatic N) is 1. The number of anilines is 1. The molecule has 1 heterocycles. The van der Waals surface area contributed by atoms with Crippen LogP contribution < -0.4 is 5.73 Å². The van der Waals surface area contributed by atoms with Gasteiger partial charge in [0.15, 0.2) is 0 Å². The largest absolute Gasteiger partial charge is 0.398 e. The summed E-state index contributed by atoms with van der Waals surface area (Å²) in [5.74, 6) is 0. The first kappa shape index (κ1) is 12.5. The second-order valence-corrected chi connectivity index (χ2v) is 6.09. The zero-order chi connectivity index (χ0) is 12.5. The molecule has 3 rings (SSSR count). The number of halogens is 1. The van der Waals surface area contributed by atoms with Gasteiger partial charge in [-0.15, -0.1) is 0 Å². The fourth-order valence-corrected chi connectivity index (χ4v) is 3.53. The standard InChI is InChI=1S/C14H19BrN2O/c15-11-8-10(4-5-12(11)16)9-17-6-7-18-14-3-1-2-13(14)17/h4-5,8,13-14H,1-3,6-7,9,16H2. The Morgan fingerprint density at radius 3 is 3.11 bits per heavy atom. The summed E-state index contributed by atoms with van der Waals surface area (Å²) in [6.45, 7) is 2.92. The van der Waals surface area contributed by atoms with E-state index >= 15 is 0 Å². The third kappa shape index (κ3) is 2.42. The van der Waals surface area contributed by atoms with Gasteiger partial charge in [0.05, 0.1) is 12.7 Å². The molecule has 1 aromatic rings. The van der Waals surface area contributed by atoms with E-state index in [4.69, 9.17) is 10.5 Å². The van der Waals surface area contributed by atoms with Crippen molar-refractivity contribution in [2.24, 2.45) is 0 Å². The number of fused-ring (bicyclic) bond motifs is 1. The Kier molecular flexibility index (Phi) is 3.59. The number of morpholine rings is 1. The molecular weight excluding hydrogens is 292 g/mol. The van der Waals surface area contributed by atoms with Gasteiger partial charge in [0.25, 0.3) is 0 Å². The van der Waals surface area contributed by atoms with Gasteiger partial charge in [0.2, 0.25) is 0 Å². The van der Waals surface area contributed by atoms with Crippen molar-refractivity contribution >= 4 is 21.6 Å². The van der Waals surface area contributed by atoms with E-state index in [-0.39, 0.29) is 0 Å². The summed E-state index contributed by atoms with van der Waals surface area (Å²) >= 11 is 3.50. The highest BCUT2D eigenvalue weighted by Crippen LogP contribution is 2.31. The Bertz CT molecular complexity index is 438. The van der Waals surface area contributed by atoms with Crippen molar-refractivity contribution in [1.82, 2.24) is 4.90 Å². The maximum absolute atomic E-state index is 5.84. The number of ether oxygens (including phenoxy) is 1. The molecule has 1 aliphatic carbocycles. The van der Waals surface area contributed by atoms with Gasteiger partial charge < -0.3 is 10.5 Å². The highest BCUT2D eigenvalue weighted by molar-refractivity contribution is 9.10. The molecule has 0 amide bonds. The van der Waals surface area contributed by atoms with Crippen LogP contribution in [-0.4, -0.2) is 30.2 Å². The number of hydrogen-bond acceptors (Lipinski definition) is 3. The first-order valence-corrected chi connectivity index (χ1v) is 7.43. The van der Waals surface area contributed by atoms with E-state index in [1.165, 1.54) is 24.8 Å². The summed E-state index contributed by atoms with van der Waals surface area (Å²) in [5.41, 5.74) is 7.95. The van der Waals surface area contributed by atoms with Gasteiger partial charge >= 0.3 is 0 Å². The first-order valence-electron chi connectivity index (χ1n) is 6.63. The third-order valence-corrected chi connectivity index (χ3v) is 4.73. The van der Waals surface area contributed by atoms with Gasteiger partial charge in [0, 0.05) is 29.3 Å². The van der Waals surface area contributed by atoms with E-state index in [1.54, 1.807) is 0 Å². The monoisotopic (exact) mass is 310 g/mol. The fraction of sp³-hybridized carbons (Fsp3) is 0.571. The molecule has 2 fully saturated rings. The highest BCUT2D eigenvalue weighted by atomic mass is 79.9. The Hall–Kier alpha value is -0.580. The van der Waals surface area contributed by atoms with E-state index in [0.29, 0.717) is 12.1 Å². The lowest BCUT2D eigenvalue weighted by Crippen LogP contribution is -2.47. The van der Waals surface area contributed by atoms with Crippen LogP contribution >= 0.6 is 15.9 Å². The molecule has 4 heteroatoms. The zero-order valence-corrected chi connectivity index (χ0v) is 12.0. The van der Waals surface area contributed by atoms with E-state index in [2.05, 4.69) is 33.0 Å². The van der Waals surface area contributed by atoms with Crippen molar-refractivity contribution in [2.75, 3.05) is 18.9 Å². The molecule has 1 aromatic carbocycles. The number of rotatable bonds is 2. The Morgan fingerprint density at radius 1 is 1.39 bits per heavy atom. The molecule has 0 aromatic heterocycles. The van der Waals surface area contributed by atoms with E-state index < -0.39 is 0 Å². The molecule has 2 aliphatic rings. The lowest BCUT2D eigenvalue weighted by atomic mass is 10.1. The molecule has 3 nitrogen and oxygen atoms in total. The second kappa shape index (κ2) is 5.19. The molecular formula is C14H19BrN2O. The van der Waals surface area contributed by atoms with Crippen LogP contribution in [0.25, 0.3) is 0 Å². The smallest absolute Gasteiger partial charge is 0.0731 e. The van der Waals surface area contributed by atoms with Gasteiger partial charge in [-0.25, -0.2) is 0 Å². The average Bonchev–Trinajstić information content (AvgIpc) is 2.83. The average molecular weight is 311 g/mol. The van der Waals surface area contributed by atoms with Crippen molar-refractivity contribution in [2.45, 2.75) is 38.0 Å². The predicted octanol–water partition coefficient (Wildman–Crippen LogP) is 2.78. The highest BCUT2D eigenvalue weighted by Gasteiger charge is 2.35. The summed E-state index contributed by atoms with van der Waals surface area (Å²) in [6.07, 6.45) is 4.28. The van der Waals surface area contributed by atoms with Crippen LogP contribution in [0.4, 0.5) is 5.69 Å². The summed E-state index contributed by atoms with van der Waals surface area (Å²) in [6, 6.07) is 6.86. The minimum Gasteiger partial charge on any atom is -0.398 e. The molecule has 1 saturated heterocycles. The van der Waals surface area contributed by atoms with Gasteiger partial charge in [-0.3, -0.25) is 4.90 Å². The van der Waals surface area contributed by atoms with Gasteiger partial charge in [0.1, 0.15) is 0 Å². The summed E-state index contributed by atoms with van der Waals surface area (Å²) in [7, 11) is 0. The third-order valence-electron chi connectivity index (χ3n) is 4.05. The Labute approximate surface area is 116 Å². The lowest BCUT2D eigenvalue weighted by Gasteiger charge is -2.37. The number of benzene rings is 1. The summed E-state index contributed by atoms with van der Waals surface area (Å²) in [4.78, 5) is 2.57. The minimum atomic E-state index is 0.468. The molecule has 1 aliphatic heterocycles. The molecule has 2 atom stereocenters. The maximum atomic E-state index is 5.84. The van der Waals surface area contributed by atoms with Crippen LogP contribution in [0.2, 0.25) is 0 Å². The zero-order valence-electron chi connectivity index (χ0n) is 10.4. The topological polar surface area (TPSA) is 38.5 Å². The van der Waals surface area contributed by atoms with Crippen molar-refractivity contribution in [3.63, 3.8) is 0 Å². The fourth-order valence-electron chi connectivity index (χ4n) is 3.11. The number of hydrogen-bond donors (Lipinski definition) is 1. The molecule has 1 saturated carbocycles. The summed E-state index contributed by atoms with van der Waals surface area (Å²) < 4.78 is 6.84. The Morgan fingerprint density at radius 2 is 2.28 bits per heavy atom. The van der Waals surface area contributed by atoms with Crippen molar-refractivity contribution in [3.05, 3.63) is 28.2 Å².